The van der Waals surface area contributed by atoms with Gasteiger partial charge in [0.05, 0.1) is 19.9 Å². The van der Waals surface area contributed by atoms with Gasteiger partial charge in [0.15, 0.2) is 0 Å². The average Bonchev–Trinajstić information content (AvgIpc) is 1.94. The fourth-order valence-corrected chi connectivity index (χ4v) is 0.682. The molecule has 0 aromatic rings. The maximum Gasteiger partial charge on any atom is 0.0941 e. The summed E-state index contributed by atoms with van der Waals surface area (Å²) in [6.07, 6.45) is 1.08. The van der Waals surface area contributed by atoms with Crippen molar-refractivity contribution in [2.75, 3.05) is 26.6 Å². The molecule has 12 heavy (non-hydrogen) atoms. The summed E-state index contributed by atoms with van der Waals surface area (Å²) >= 11 is 0. The number of hydrogen-bond donors (Lipinski definition) is 1. The van der Waals surface area contributed by atoms with E-state index in [1.165, 1.54) is 0 Å². The first-order chi connectivity index (χ1) is 5.56. The summed E-state index contributed by atoms with van der Waals surface area (Å²) in [4.78, 5) is 0. The highest BCUT2D eigenvalue weighted by molar-refractivity contribution is 4.59. The highest BCUT2D eigenvalue weighted by Gasteiger charge is 2.08. The molecule has 0 radical (unpaired) electrons. The standard InChI is InChI=1S/C9H21NO2/c1-9(2,3)4-5-11-6-7-12-8-10/h4-8,10H2,1-3H3. The van der Waals surface area contributed by atoms with Gasteiger partial charge in [-0.2, -0.15) is 0 Å². The molecule has 0 saturated carbocycles. The van der Waals surface area contributed by atoms with Crippen LogP contribution in [0.5, 0.6) is 0 Å². The number of rotatable bonds is 6. The van der Waals surface area contributed by atoms with Gasteiger partial charge in [0.1, 0.15) is 0 Å². The minimum absolute atomic E-state index is 0.280. The van der Waals surface area contributed by atoms with Crippen LogP contribution in [-0.4, -0.2) is 26.6 Å². The second-order valence-electron chi connectivity index (χ2n) is 4.00. The zero-order valence-corrected chi connectivity index (χ0v) is 8.43. The monoisotopic (exact) mass is 175 g/mol. The van der Waals surface area contributed by atoms with Crippen molar-refractivity contribution in [2.24, 2.45) is 11.1 Å². The van der Waals surface area contributed by atoms with Crippen molar-refractivity contribution in [3.63, 3.8) is 0 Å². The quantitative estimate of drug-likeness (QED) is 0.490. The molecule has 2 N–H and O–H groups in total. The molecular formula is C9H21NO2. The van der Waals surface area contributed by atoms with Gasteiger partial charge in [-0.05, 0) is 11.8 Å². The molecule has 0 fully saturated rings. The van der Waals surface area contributed by atoms with Crippen molar-refractivity contribution in [3.8, 4) is 0 Å². The van der Waals surface area contributed by atoms with E-state index in [9.17, 15) is 0 Å². The van der Waals surface area contributed by atoms with Crippen LogP contribution in [0, 0.1) is 5.41 Å². The van der Waals surface area contributed by atoms with Crippen LogP contribution >= 0.6 is 0 Å². The van der Waals surface area contributed by atoms with Gasteiger partial charge in [0.2, 0.25) is 0 Å². The molecule has 0 saturated heterocycles. The van der Waals surface area contributed by atoms with E-state index in [0.29, 0.717) is 18.6 Å². The highest BCUT2D eigenvalue weighted by Crippen LogP contribution is 2.17. The molecule has 3 heteroatoms. The van der Waals surface area contributed by atoms with E-state index in [4.69, 9.17) is 15.2 Å². The third-order valence-corrected chi connectivity index (χ3v) is 1.49. The van der Waals surface area contributed by atoms with E-state index in [2.05, 4.69) is 20.8 Å². The Morgan fingerprint density at radius 2 is 1.58 bits per heavy atom. The number of nitrogens with two attached hydrogens (primary N) is 1. The van der Waals surface area contributed by atoms with Crippen LogP contribution in [-0.2, 0) is 9.47 Å². The molecule has 0 unspecified atom stereocenters. The third kappa shape index (κ3) is 9.88. The fourth-order valence-electron chi connectivity index (χ4n) is 0.682. The van der Waals surface area contributed by atoms with Crippen molar-refractivity contribution in [1.82, 2.24) is 0 Å². The van der Waals surface area contributed by atoms with E-state index in [0.717, 1.165) is 13.0 Å². The van der Waals surface area contributed by atoms with Crippen LogP contribution < -0.4 is 5.73 Å². The highest BCUT2D eigenvalue weighted by atomic mass is 16.5. The Morgan fingerprint density at radius 3 is 2.08 bits per heavy atom. The maximum atomic E-state index is 5.33. The lowest BCUT2D eigenvalue weighted by Crippen LogP contribution is -2.13. The Morgan fingerprint density at radius 1 is 1.00 bits per heavy atom. The number of ether oxygens (including phenoxy) is 2. The minimum atomic E-state index is 0.280. The molecule has 0 spiro atoms. The van der Waals surface area contributed by atoms with Gasteiger partial charge in [-0.15, -0.1) is 0 Å². The van der Waals surface area contributed by atoms with Crippen LogP contribution in [0.2, 0.25) is 0 Å². The average molecular weight is 175 g/mol. The molecule has 0 aliphatic carbocycles. The van der Waals surface area contributed by atoms with Crippen molar-refractivity contribution >= 4 is 0 Å². The van der Waals surface area contributed by atoms with Gasteiger partial charge in [-0.25, -0.2) is 0 Å². The SMILES string of the molecule is CC(C)(C)CCOCCOCN. The van der Waals surface area contributed by atoms with E-state index in [1.807, 2.05) is 0 Å². The zero-order valence-electron chi connectivity index (χ0n) is 8.43. The van der Waals surface area contributed by atoms with Crippen LogP contribution in [0.25, 0.3) is 0 Å². The molecule has 0 aliphatic rings. The van der Waals surface area contributed by atoms with Crippen molar-refractivity contribution < 1.29 is 9.47 Å². The Balaban J connectivity index is 3.01. The lowest BCUT2D eigenvalue weighted by Gasteiger charge is -2.17. The van der Waals surface area contributed by atoms with Gasteiger partial charge < -0.3 is 15.2 Å². The van der Waals surface area contributed by atoms with E-state index < -0.39 is 0 Å². The summed E-state index contributed by atoms with van der Waals surface area (Å²) in [6.45, 7) is 8.93. The smallest absolute Gasteiger partial charge is 0.0941 e. The zero-order chi connectivity index (χ0) is 9.45. The molecule has 3 nitrogen and oxygen atoms in total. The molecule has 0 amide bonds. The predicted octanol–water partition coefficient (Wildman–Crippen LogP) is 1.37. The second kappa shape index (κ2) is 6.40. The molecular weight excluding hydrogens is 154 g/mol. The molecule has 0 bridgehead atoms. The lowest BCUT2D eigenvalue weighted by molar-refractivity contribution is 0.0409. The van der Waals surface area contributed by atoms with Crippen molar-refractivity contribution in [3.05, 3.63) is 0 Å². The molecule has 0 heterocycles. The summed E-state index contributed by atoms with van der Waals surface area (Å²) in [5.74, 6) is 0. The molecule has 0 rings (SSSR count). The summed E-state index contributed by atoms with van der Waals surface area (Å²) in [7, 11) is 0. The normalized spacial score (nSPS) is 12.0. The van der Waals surface area contributed by atoms with Crippen LogP contribution in [0.3, 0.4) is 0 Å². The molecule has 74 valence electrons. The summed E-state index contributed by atoms with van der Waals surface area (Å²) < 4.78 is 10.2. The largest absolute Gasteiger partial charge is 0.379 e. The van der Waals surface area contributed by atoms with Gasteiger partial charge in [0, 0.05) is 6.61 Å². The summed E-state index contributed by atoms with van der Waals surface area (Å²) in [5.41, 5.74) is 5.49. The summed E-state index contributed by atoms with van der Waals surface area (Å²) in [5, 5.41) is 0. The Labute approximate surface area is 75.2 Å². The fraction of sp³-hybridized carbons (Fsp3) is 1.00. The van der Waals surface area contributed by atoms with E-state index >= 15 is 0 Å². The van der Waals surface area contributed by atoms with Gasteiger partial charge >= 0.3 is 0 Å². The van der Waals surface area contributed by atoms with E-state index in [1.54, 1.807) is 0 Å². The molecule has 0 atom stereocenters. The van der Waals surface area contributed by atoms with Crippen molar-refractivity contribution in [2.45, 2.75) is 27.2 Å². The molecule has 0 aromatic carbocycles. The van der Waals surface area contributed by atoms with Gasteiger partial charge in [-0.3, -0.25) is 0 Å². The van der Waals surface area contributed by atoms with E-state index in [-0.39, 0.29) is 6.73 Å². The Bertz CT molecular complexity index is 99.2. The topological polar surface area (TPSA) is 44.5 Å². The Kier molecular flexibility index (Phi) is 6.34. The first-order valence-corrected chi connectivity index (χ1v) is 4.42. The van der Waals surface area contributed by atoms with Gasteiger partial charge in [0.25, 0.3) is 0 Å². The minimum Gasteiger partial charge on any atom is -0.379 e. The maximum absolute atomic E-state index is 5.33. The number of hydrogen-bond acceptors (Lipinski definition) is 3. The Hall–Kier alpha value is -0.120. The molecule has 0 aliphatic heterocycles. The molecule has 0 aromatic heterocycles. The lowest BCUT2D eigenvalue weighted by atomic mass is 9.93. The first-order valence-electron chi connectivity index (χ1n) is 4.42. The van der Waals surface area contributed by atoms with Crippen LogP contribution in [0.4, 0.5) is 0 Å². The first kappa shape index (κ1) is 11.9. The summed E-state index contributed by atoms with van der Waals surface area (Å²) in [6, 6.07) is 0. The predicted molar refractivity (Wildman–Crippen MR) is 49.9 cm³/mol. The van der Waals surface area contributed by atoms with Crippen molar-refractivity contribution in [1.29, 1.82) is 0 Å². The van der Waals surface area contributed by atoms with Crippen LogP contribution in [0.15, 0.2) is 0 Å². The second-order valence-corrected chi connectivity index (χ2v) is 4.00. The van der Waals surface area contributed by atoms with Crippen LogP contribution in [0.1, 0.15) is 27.2 Å². The third-order valence-electron chi connectivity index (χ3n) is 1.49. The van der Waals surface area contributed by atoms with Gasteiger partial charge in [-0.1, -0.05) is 20.8 Å².